The van der Waals surface area contributed by atoms with Crippen LogP contribution in [0.5, 0.6) is 0 Å². The zero-order valence-electron chi connectivity index (χ0n) is 49.2. The van der Waals surface area contributed by atoms with Gasteiger partial charge in [-0.15, -0.1) is 0 Å². The van der Waals surface area contributed by atoms with Crippen LogP contribution in [0.25, 0.3) is 66.1 Å². The van der Waals surface area contributed by atoms with Gasteiger partial charge in [-0.05, 0) is 192 Å². The number of furan rings is 2. The molecule has 1 fully saturated rings. The number of hydrogen-bond donors (Lipinski definition) is 0. The summed E-state index contributed by atoms with van der Waals surface area (Å²) >= 11 is 0. The van der Waals surface area contributed by atoms with E-state index >= 15 is 0 Å². The predicted molar refractivity (Wildman–Crippen MR) is 346 cm³/mol. The van der Waals surface area contributed by atoms with Crippen LogP contribution in [0.4, 0.5) is 39.8 Å². The van der Waals surface area contributed by atoms with E-state index in [1.165, 1.54) is 113 Å². The van der Waals surface area contributed by atoms with Crippen LogP contribution in [0.2, 0.25) is 0 Å². The zero-order valence-corrected chi connectivity index (χ0v) is 49.2. The largest absolute Gasteiger partial charge is 0.456 e. The Bertz CT molecular complexity index is 4500. The maximum Gasteiger partial charge on any atom is 0.333 e. The molecule has 2 unspecified atom stereocenters. The van der Waals surface area contributed by atoms with Crippen molar-refractivity contribution >= 4 is 101 Å². The van der Waals surface area contributed by atoms with Crippen molar-refractivity contribution in [1.82, 2.24) is 0 Å². The van der Waals surface area contributed by atoms with Crippen molar-refractivity contribution in [2.24, 2.45) is 0 Å². The second kappa shape index (κ2) is 17.5. The van der Waals surface area contributed by atoms with Gasteiger partial charge in [0, 0.05) is 61.3 Å². The average Bonchev–Trinajstić information content (AvgIpc) is 1.55. The van der Waals surface area contributed by atoms with Crippen molar-refractivity contribution < 1.29 is 8.83 Å². The molecule has 2 atom stereocenters. The van der Waals surface area contributed by atoms with Gasteiger partial charge in [-0.1, -0.05) is 163 Å². The molecule has 0 N–H and O–H groups in total. The molecule has 406 valence electrons. The van der Waals surface area contributed by atoms with Crippen molar-refractivity contribution in [3.8, 4) is 22.3 Å². The highest BCUT2D eigenvalue weighted by atomic mass is 16.3. The van der Waals surface area contributed by atoms with Gasteiger partial charge in [-0.3, -0.25) is 0 Å². The second-order valence-electron chi connectivity index (χ2n) is 26.9. The molecule has 0 bridgehead atoms. The smallest absolute Gasteiger partial charge is 0.333 e. The molecule has 82 heavy (non-hydrogen) atoms. The monoisotopic (exact) mass is 1070 g/mol. The van der Waals surface area contributed by atoms with E-state index in [4.69, 9.17) is 8.83 Å². The Kier molecular flexibility index (Phi) is 10.7. The van der Waals surface area contributed by atoms with Gasteiger partial charge in [0.15, 0.2) is 5.58 Å². The number of anilines is 7. The van der Waals surface area contributed by atoms with E-state index in [0.717, 1.165) is 95.1 Å². The van der Waals surface area contributed by atoms with E-state index in [-0.39, 0.29) is 28.6 Å². The fourth-order valence-electron chi connectivity index (χ4n) is 16.5. The summed E-state index contributed by atoms with van der Waals surface area (Å²) in [5.41, 5.74) is 27.9. The van der Waals surface area contributed by atoms with E-state index in [2.05, 4.69) is 241 Å². The summed E-state index contributed by atoms with van der Waals surface area (Å²) in [6.07, 6.45) is 10.4. The lowest BCUT2D eigenvalue weighted by Crippen LogP contribution is -2.64. The fourth-order valence-corrected chi connectivity index (χ4v) is 16.5. The van der Waals surface area contributed by atoms with E-state index in [1.807, 2.05) is 0 Å². The summed E-state index contributed by atoms with van der Waals surface area (Å²) in [6.45, 7) is 21.8. The number of fused-ring (bicyclic) bond motifs is 15. The molecule has 5 nitrogen and oxygen atoms in total. The predicted octanol–water partition coefficient (Wildman–Crippen LogP) is 19.9. The third-order valence-corrected chi connectivity index (χ3v) is 21.1. The summed E-state index contributed by atoms with van der Waals surface area (Å²) in [7, 11) is 0. The van der Waals surface area contributed by atoms with E-state index in [1.54, 1.807) is 0 Å². The first-order valence-electron chi connectivity index (χ1n) is 30.6. The molecule has 0 saturated heterocycles. The maximum absolute atomic E-state index is 7.28. The van der Waals surface area contributed by atoms with Gasteiger partial charge in [0.2, 0.25) is 0 Å². The molecule has 16 rings (SSSR count). The molecule has 9 aromatic carbocycles. The maximum atomic E-state index is 7.28. The van der Waals surface area contributed by atoms with Crippen molar-refractivity contribution in [2.45, 2.75) is 142 Å². The van der Waals surface area contributed by atoms with Crippen LogP contribution < -0.4 is 25.5 Å². The lowest BCUT2D eigenvalue weighted by atomic mass is 9.43. The minimum absolute atomic E-state index is 0.0143. The Balaban J connectivity index is 1.07. The molecular weight excluding hydrogens is 998 g/mol. The number of hydrogen-bond acceptors (Lipinski definition) is 5. The van der Waals surface area contributed by atoms with E-state index < -0.39 is 0 Å². The minimum atomic E-state index is -0.185. The van der Waals surface area contributed by atoms with E-state index in [9.17, 15) is 0 Å². The SMILES string of the molecule is CCCCc1cc2c3c(c1)C1(C)CCCCC1(C)N3c1cc(N(c3cccc(-c4ccccc4)c3)c3cccc4c3oc3ccccc34)cc3c1B2N(c1ccc(C)cc1C)c1c-3ccc2oc3cc4c(cc3c12)C(C)(C)CCC4(C)C. The molecule has 11 aromatic rings. The molecule has 2 aromatic heterocycles. The number of aryl methyl sites for hydroxylation is 3. The normalized spacial score (nSPS) is 19.8. The van der Waals surface area contributed by atoms with Gasteiger partial charge >= 0.3 is 6.85 Å². The minimum Gasteiger partial charge on any atom is -0.456 e. The van der Waals surface area contributed by atoms with Gasteiger partial charge in [0.25, 0.3) is 0 Å². The standard InChI is InChI=1S/C76H72BN3O2/c1-10-11-21-48-39-60-71-61(40-48)77-69-56(54-31-33-66-68(70(54)80(77)62-32-30-46(2)38-47(62)3)57-44-58-59(45-67(57)81-66)74(6,7)37-36-73(58,4)5)42-52(43-64(69)79(71)76(9)35-18-17-34-75(60,76)8)78(51-25-19-24-50(41-51)49-22-13-12-14-23-49)63-28-20-27-55-53-26-15-16-29-65(53)82-72(55)63/h12-16,19-20,22-33,38-45H,10-11,17-18,21,34-37H2,1-9H3. The molecule has 0 spiro atoms. The van der Waals surface area contributed by atoms with Gasteiger partial charge < -0.3 is 23.4 Å². The van der Waals surface area contributed by atoms with Gasteiger partial charge in [-0.2, -0.15) is 0 Å². The number of unbranched alkanes of at least 4 members (excludes halogenated alkanes) is 1. The molecule has 3 aliphatic heterocycles. The molecule has 6 heteroatoms. The lowest BCUT2D eigenvalue weighted by molar-refractivity contribution is 0.195. The fraction of sp³-hybridized carbons (Fsp3) is 0.289. The molecule has 5 heterocycles. The summed E-state index contributed by atoms with van der Waals surface area (Å²) < 4.78 is 14.4. The Morgan fingerprint density at radius 2 is 1.30 bits per heavy atom. The highest BCUT2D eigenvalue weighted by Gasteiger charge is 2.62. The first-order valence-corrected chi connectivity index (χ1v) is 30.6. The van der Waals surface area contributed by atoms with Crippen molar-refractivity contribution in [3.63, 3.8) is 0 Å². The summed E-state index contributed by atoms with van der Waals surface area (Å²) in [4.78, 5) is 8.23. The topological polar surface area (TPSA) is 36.0 Å². The highest BCUT2D eigenvalue weighted by Crippen LogP contribution is 2.64. The van der Waals surface area contributed by atoms with Crippen molar-refractivity contribution in [1.29, 1.82) is 0 Å². The number of nitrogens with zero attached hydrogens (tertiary/aromatic N) is 3. The number of rotatable bonds is 8. The first kappa shape index (κ1) is 49.8. The Morgan fingerprint density at radius 1 is 0.549 bits per heavy atom. The average molecular weight is 1070 g/mol. The molecular formula is C76H72BN3O2. The molecule has 5 aliphatic rings. The number of benzene rings is 9. The third kappa shape index (κ3) is 6.87. The van der Waals surface area contributed by atoms with Gasteiger partial charge in [0.05, 0.1) is 16.6 Å². The Hall–Kier alpha value is -7.96. The molecule has 1 saturated carbocycles. The van der Waals surface area contributed by atoms with Crippen molar-refractivity contribution in [3.05, 3.63) is 197 Å². The molecule has 0 amide bonds. The van der Waals surface area contributed by atoms with Crippen LogP contribution in [-0.4, -0.2) is 12.4 Å². The second-order valence-corrected chi connectivity index (χ2v) is 26.9. The van der Waals surface area contributed by atoms with Crippen LogP contribution in [0.1, 0.15) is 133 Å². The van der Waals surface area contributed by atoms with Crippen LogP contribution >= 0.6 is 0 Å². The van der Waals surface area contributed by atoms with E-state index in [0.29, 0.717) is 0 Å². The van der Waals surface area contributed by atoms with Crippen LogP contribution in [0.15, 0.2) is 173 Å². The highest BCUT2D eigenvalue weighted by molar-refractivity contribution is 6.94. The Morgan fingerprint density at radius 3 is 2.12 bits per heavy atom. The van der Waals surface area contributed by atoms with Gasteiger partial charge in [-0.25, -0.2) is 0 Å². The summed E-state index contributed by atoms with van der Waals surface area (Å²) in [5.74, 6) is 0. The molecule has 2 aliphatic carbocycles. The zero-order chi connectivity index (χ0) is 55.8. The first-order chi connectivity index (χ1) is 39.7. The van der Waals surface area contributed by atoms with Gasteiger partial charge in [0.1, 0.15) is 16.7 Å². The quantitative estimate of drug-likeness (QED) is 0.142. The van der Waals surface area contributed by atoms with Crippen molar-refractivity contribution in [2.75, 3.05) is 14.6 Å². The Labute approximate surface area is 483 Å². The van der Waals surface area contributed by atoms with Crippen LogP contribution in [0, 0.1) is 13.8 Å². The third-order valence-electron chi connectivity index (χ3n) is 21.1. The lowest BCUT2D eigenvalue weighted by Gasteiger charge is -2.53. The summed E-state index contributed by atoms with van der Waals surface area (Å²) in [6, 6.07) is 62.6. The van der Waals surface area contributed by atoms with Crippen LogP contribution in [-0.2, 0) is 22.7 Å². The number of para-hydroxylation sites is 2. The summed E-state index contributed by atoms with van der Waals surface area (Å²) in [5, 5.41) is 4.62. The molecule has 0 radical (unpaired) electrons. The van der Waals surface area contributed by atoms with Crippen LogP contribution in [0.3, 0.4) is 0 Å².